The summed E-state index contributed by atoms with van der Waals surface area (Å²) in [4.78, 5) is 29.1. The summed E-state index contributed by atoms with van der Waals surface area (Å²) < 4.78 is 0. The van der Waals surface area contributed by atoms with Gasteiger partial charge in [-0.15, -0.1) is 11.8 Å². The molecule has 0 aromatic carbocycles. The molecule has 1 aliphatic heterocycles. The summed E-state index contributed by atoms with van der Waals surface area (Å²) in [6.07, 6.45) is 0.681. The average molecular weight is 370 g/mol. The van der Waals surface area contributed by atoms with Crippen molar-refractivity contribution in [3.05, 3.63) is 22.4 Å². The van der Waals surface area contributed by atoms with Crippen LogP contribution in [-0.2, 0) is 9.59 Å². The Morgan fingerprint density at radius 3 is 2.79 bits per heavy atom. The molecule has 0 unspecified atom stereocenters. The van der Waals surface area contributed by atoms with E-state index in [0.29, 0.717) is 24.6 Å². The number of thioether (sulfide) groups is 1. The molecule has 24 heavy (non-hydrogen) atoms. The Morgan fingerprint density at radius 1 is 1.46 bits per heavy atom. The smallest absolute Gasteiger partial charge is 0.242 e. The first-order valence-corrected chi connectivity index (χ1v) is 10.3. The van der Waals surface area contributed by atoms with Crippen molar-refractivity contribution in [2.75, 3.05) is 32.9 Å². The third-order valence-electron chi connectivity index (χ3n) is 3.92. The Labute approximate surface area is 152 Å². The number of rotatable bonds is 8. The van der Waals surface area contributed by atoms with Gasteiger partial charge in [-0.1, -0.05) is 13.8 Å². The monoisotopic (exact) mass is 369 g/mol. The van der Waals surface area contributed by atoms with Crippen LogP contribution in [-0.4, -0.2) is 60.6 Å². The van der Waals surface area contributed by atoms with Crippen molar-refractivity contribution in [3.63, 3.8) is 0 Å². The first-order valence-electron chi connectivity index (χ1n) is 8.27. The molecule has 2 rings (SSSR count). The largest absolute Gasteiger partial charge is 0.353 e. The third-order valence-corrected chi connectivity index (χ3v) is 5.86. The molecule has 1 N–H and O–H groups in total. The van der Waals surface area contributed by atoms with Gasteiger partial charge >= 0.3 is 0 Å². The van der Waals surface area contributed by atoms with Gasteiger partial charge in [0, 0.05) is 13.1 Å². The number of hydrogen-bond acceptors (Lipinski definition) is 5. The molecule has 0 radical (unpaired) electrons. The zero-order valence-electron chi connectivity index (χ0n) is 14.8. The molecular formula is C17H27N3O2S2. The van der Waals surface area contributed by atoms with Crippen LogP contribution < -0.4 is 5.32 Å². The fourth-order valence-electron chi connectivity index (χ4n) is 2.76. The maximum Gasteiger partial charge on any atom is 0.242 e. The van der Waals surface area contributed by atoms with Crippen molar-refractivity contribution < 1.29 is 9.59 Å². The van der Waals surface area contributed by atoms with Gasteiger partial charge < -0.3 is 15.1 Å². The van der Waals surface area contributed by atoms with Gasteiger partial charge in [0.15, 0.2) is 0 Å². The van der Waals surface area contributed by atoms with E-state index in [1.165, 1.54) is 0 Å². The fourth-order valence-corrected chi connectivity index (χ4v) is 4.74. The molecule has 1 aromatic rings. The van der Waals surface area contributed by atoms with Crippen molar-refractivity contribution >= 4 is 34.9 Å². The number of hydrogen-bond donors (Lipinski definition) is 1. The standard InChI is InChI=1S/C17H27N3O2S2/c1-12(2)9-14(16(22)18-6-7-19(3)4)20-15(21)11-24-17(20)13-5-8-23-10-13/h5,8,10,12,14,17H,6-7,9,11H2,1-4H3,(H,18,22)/t14-,17-/m0/s1. The van der Waals surface area contributed by atoms with Crippen molar-refractivity contribution in [1.82, 2.24) is 15.1 Å². The molecule has 1 aliphatic rings. The van der Waals surface area contributed by atoms with Crippen molar-refractivity contribution in [1.29, 1.82) is 0 Å². The van der Waals surface area contributed by atoms with E-state index in [1.807, 2.05) is 30.4 Å². The number of carbonyl (C=O) groups is 2. The van der Waals surface area contributed by atoms with Gasteiger partial charge in [-0.05, 0) is 48.8 Å². The van der Waals surface area contributed by atoms with Gasteiger partial charge in [-0.2, -0.15) is 11.3 Å². The van der Waals surface area contributed by atoms with Crippen LogP contribution in [0.5, 0.6) is 0 Å². The van der Waals surface area contributed by atoms with Gasteiger partial charge in [-0.3, -0.25) is 9.59 Å². The van der Waals surface area contributed by atoms with E-state index in [9.17, 15) is 9.59 Å². The van der Waals surface area contributed by atoms with Crippen molar-refractivity contribution in [2.24, 2.45) is 5.92 Å². The lowest BCUT2D eigenvalue weighted by atomic mass is 10.0. The van der Waals surface area contributed by atoms with E-state index >= 15 is 0 Å². The lowest BCUT2D eigenvalue weighted by Gasteiger charge is -2.32. The molecule has 1 saturated heterocycles. The molecule has 0 spiro atoms. The van der Waals surface area contributed by atoms with Crippen molar-refractivity contribution in [3.8, 4) is 0 Å². The van der Waals surface area contributed by atoms with Gasteiger partial charge in [0.1, 0.15) is 11.4 Å². The lowest BCUT2D eigenvalue weighted by molar-refractivity contribution is -0.139. The van der Waals surface area contributed by atoms with Crippen LogP contribution in [0.15, 0.2) is 16.8 Å². The second kappa shape index (κ2) is 8.87. The van der Waals surface area contributed by atoms with Crippen molar-refractivity contribution in [2.45, 2.75) is 31.7 Å². The highest BCUT2D eigenvalue weighted by atomic mass is 32.2. The SMILES string of the molecule is CC(C)C[C@@H](C(=O)NCCN(C)C)N1C(=O)CS[C@H]1c1ccsc1. The zero-order chi connectivity index (χ0) is 17.7. The Bertz CT molecular complexity index is 546. The molecule has 1 aromatic heterocycles. The normalized spacial score (nSPS) is 19.3. The first kappa shape index (κ1) is 19.3. The van der Waals surface area contributed by atoms with Gasteiger partial charge in [0.25, 0.3) is 0 Å². The zero-order valence-corrected chi connectivity index (χ0v) is 16.5. The number of carbonyl (C=O) groups excluding carboxylic acids is 2. The summed E-state index contributed by atoms with van der Waals surface area (Å²) in [7, 11) is 3.95. The summed E-state index contributed by atoms with van der Waals surface area (Å²) in [6, 6.07) is 1.64. The van der Waals surface area contributed by atoms with E-state index in [-0.39, 0.29) is 17.2 Å². The maximum atomic E-state index is 12.8. The third kappa shape index (κ3) is 4.97. The highest BCUT2D eigenvalue weighted by molar-refractivity contribution is 8.00. The Morgan fingerprint density at radius 2 is 2.21 bits per heavy atom. The topological polar surface area (TPSA) is 52.7 Å². The highest BCUT2D eigenvalue weighted by Gasteiger charge is 2.41. The summed E-state index contributed by atoms with van der Waals surface area (Å²) >= 11 is 3.24. The minimum atomic E-state index is -0.403. The molecule has 0 bridgehead atoms. The van der Waals surface area contributed by atoms with Crippen LogP contribution >= 0.6 is 23.1 Å². The maximum absolute atomic E-state index is 12.8. The van der Waals surface area contributed by atoms with Crippen LogP contribution in [0.3, 0.4) is 0 Å². The van der Waals surface area contributed by atoms with Crippen LogP contribution in [0, 0.1) is 5.92 Å². The number of nitrogens with one attached hydrogen (secondary N) is 1. The summed E-state index contributed by atoms with van der Waals surface area (Å²) in [5, 5.41) is 7.04. The fraction of sp³-hybridized carbons (Fsp3) is 0.647. The summed E-state index contributed by atoms with van der Waals surface area (Å²) in [5.41, 5.74) is 1.12. The van der Waals surface area contributed by atoms with Gasteiger partial charge in [0.05, 0.1) is 5.75 Å². The Hall–Kier alpha value is -1.05. The minimum absolute atomic E-state index is 0.0402. The van der Waals surface area contributed by atoms with Crippen LogP contribution in [0.2, 0.25) is 0 Å². The second-order valence-electron chi connectivity index (χ2n) is 6.76. The number of nitrogens with zero attached hydrogens (tertiary/aromatic N) is 2. The van der Waals surface area contributed by atoms with Gasteiger partial charge in [0.2, 0.25) is 11.8 Å². The summed E-state index contributed by atoms with van der Waals surface area (Å²) in [5.74, 6) is 0.808. The average Bonchev–Trinajstić information content (AvgIpc) is 3.13. The molecule has 7 heteroatoms. The molecule has 2 amide bonds. The molecule has 134 valence electrons. The Kier molecular flexibility index (Phi) is 7.13. The number of likely N-dealkylation sites (N-methyl/N-ethyl adjacent to an activating group) is 1. The van der Waals surface area contributed by atoms with E-state index in [4.69, 9.17) is 0 Å². The predicted octanol–water partition coefficient (Wildman–Crippen LogP) is 2.41. The molecule has 2 heterocycles. The number of amides is 2. The second-order valence-corrected chi connectivity index (χ2v) is 8.61. The van der Waals surface area contributed by atoms with E-state index in [0.717, 1.165) is 12.1 Å². The molecule has 5 nitrogen and oxygen atoms in total. The van der Waals surface area contributed by atoms with E-state index in [2.05, 4.69) is 24.5 Å². The predicted molar refractivity (Wildman–Crippen MR) is 101 cm³/mol. The van der Waals surface area contributed by atoms with Crippen LogP contribution in [0.1, 0.15) is 31.2 Å². The van der Waals surface area contributed by atoms with E-state index in [1.54, 1.807) is 28.0 Å². The summed E-state index contributed by atoms with van der Waals surface area (Å²) in [6.45, 7) is 5.57. The molecule has 0 saturated carbocycles. The highest BCUT2D eigenvalue weighted by Crippen LogP contribution is 2.41. The molecule has 0 aliphatic carbocycles. The molecule has 1 fully saturated rings. The number of thiophene rings is 1. The molecular weight excluding hydrogens is 342 g/mol. The minimum Gasteiger partial charge on any atom is -0.353 e. The van der Waals surface area contributed by atoms with Crippen LogP contribution in [0.25, 0.3) is 0 Å². The lowest BCUT2D eigenvalue weighted by Crippen LogP contribution is -2.50. The first-order chi connectivity index (χ1) is 11.4. The van der Waals surface area contributed by atoms with Gasteiger partial charge in [-0.25, -0.2) is 0 Å². The van der Waals surface area contributed by atoms with E-state index < -0.39 is 6.04 Å². The quantitative estimate of drug-likeness (QED) is 0.765. The Balaban J connectivity index is 2.15. The molecule has 2 atom stereocenters. The van der Waals surface area contributed by atoms with Crippen LogP contribution in [0.4, 0.5) is 0 Å².